The maximum absolute atomic E-state index is 11.9. The van der Waals surface area contributed by atoms with Gasteiger partial charge in [0, 0.05) is 24.3 Å². The van der Waals surface area contributed by atoms with Gasteiger partial charge in [0.15, 0.2) is 0 Å². The number of aliphatic hydroxyl groups excluding tert-OH is 1. The Morgan fingerprint density at radius 2 is 1.87 bits per heavy atom. The molecule has 0 aliphatic carbocycles. The summed E-state index contributed by atoms with van der Waals surface area (Å²) in [6.07, 6.45) is 1.78. The van der Waals surface area contributed by atoms with Crippen LogP contribution in [0.3, 0.4) is 0 Å². The minimum atomic E-state index is -4.19. The molecule has 0 aromatic rings. The first-order valence-electron chi connectivity index (χ1n) is 4.91. The van der Waals surface area contributed by atoms with E-state index in [1.54, 1.807) is 0 Å². The van der Waals surface area contributed by atoms with E-state index in [0.29, 0.717) is 12.8 Å². The summed E-state index contributed by atoms with van der Waals surface area (Å²) in [6.45, 7) is 2.02. The molecule has 3 N–H and O–H groups in total. The highest BCUT2D eigenvalue weighted by atomic mass is 32.2. The fourth-order valence-electron chi connectivity index (χ4n) is 1.47. The Hall–Kier alpha value is 0.0600. The van der Waals surface area contributed by atoms with Crippen LogP contribution in [0.15, 0.2) is 0 Å². The number of alkyl halides is 3. The van der Waals surface area contributed by atoms with Gasteiger partial charge in [-0.3, -0.25) is 0 Å². The van der Waals surface area contributed by atoms with E-state index in [2.05, 4.69) is 0 Å². The quantitative estimate of drug-likeness (QED) is 0.724. The molecule has 0 saturated carbocycles. The van der Waals surface area contributed by atoms with Crippen LogP contribution in [-0.2, 0) is 0 Å². The summed E-state index contributed by atoms with van der Waals surface area (Å²) in [7, 11) is 0. The Morgan fingerprint density at radius 1 is 1.27 bits per heavy atom. The Morgan fingerprint density at radius 3 is 2.20 bits per heavy atom. The fourth-order valence-corrected chi connectivity index (χ4v) is 2.23. The molecule has 0 rings (SSSR count). The van der Waals surface area contributed by atoms with Gasteiger partial charge in [-0.25, -0.2) is 0 Å². The van der Waals surface area contributed by atoms with Crippen LogP contribution in [0.5, 0.6) is 0 Å². The Balaban J connectivity index is 4.06. The number of hydrogen-bond donors (Lipinski definition) is 2. The molecule has 0 aromatic carbocycles. The van der Waals surface area contributed by atoms with E-state index >= 15 is 0 Å². The lowest BCUT2D eigenvalue weighted by Gasteiger charge is -2.30. The van der Waals surface area contributed by atoms with Gasteiger partial charge in [0.25, 0.3) is 0 Å². The van der Waals surface area contributed by atoms with Crippen molar-refractivity contribution in [3.63, 3.8) is 0 Å². The van der Waals surface area contributed by atoms with Gasteiger partial charge in [-0.15, -0.1) is 0 Å². The van der Waals surface area contributed by atoms with Crippen molar-refractivity contribution in [1.29, 1.82) is 0 Å². The predicted molar refractivity (Wildman–Crippen MR) is 56.6 cm³/mol. The molecule has 1 unspecified atom stereocenters. The third-order valence-electron chi connectivity index (χ3n) is 2.45. The zero-order chi connectivity index (χ0) is 11.9. The first-order valence-corrected chi connectivity index (χ1v) is 5.89. The van der Waals surface area contributed by atoms with Crippen LogP contribution in [0.2, 0.25) is 0 Å². The maximum Gasteiger partial charge on any atom is 0.441 e. The van der Waals surface area contributed by atoms with Crippen molar-refractivity contribution in [2.75, 3.05) is 18.9 Å². The lowest BCUT2D eigenvalue weighted by molar-refractivity contribution is -0.0330. The topological polar surface area (TPSA) is 46.2 Å². The van der Waals surface area contributed by atoms with Crippen molar-refractivity contribution in [2.24, 2.45) is 11.1 Å². The minimum Gasteiger partial charge on any atom is -0.396 e. The monoisotopic (exact) mass is 245 g/mol. The van der Waals surface area contributed by atoms with Crippen LogP contribution in [0, 0.1) is 5.41 Å². The molecule has 92 valence electrons. The number of hydrogen-bond acceptors (Lipinski definition) is 3. The highest BCUT2D eigenvalue weighted by Gasteiger charge is 2.32. The van der Waals surface area contributed by atoms with Gasteiger partial charge in [-0.2, -0.15) is 13.2 Å². The van der Waals surface area contributed by atoms with Gasteiger partial charge in [0.2, 0.25) is 0 Å². The summed E-state index contributed by atoms with van der Waals surface area (Å²) < 4.78 is 35.7. The highest BCUT2D eigenvalue weighted by molar-refractivity contribution is 8.00. The molecular formula is C9H18F3NOS. The molecule has 2 nitrogen and oxygen atoms in total. The number of nitrogens with two attached hydrogens (primary N) is 1. The van der Waals surface area contributed by atoms with Crippen molar-refractivity contribution in [2.45, 2.75) is 31.7 Å². The molecule has 6 heteroatoms. The van der Waals surface area contributed by atoms with Crippen LogP contribution in [0.4, 0.5) is 13.2 Å². The van der Waals surface area contributed by atoms with Crippen LogP contribution in [0.1, 0.15) is 26.2 Å². The zero-order valence-electron chi connectivity index (χ0n) is 8.81. The zero-order valence-corrected chi connectivity index (χ0v) is 9.63. The summed E-state index contributed by atoms with van der Waals surface area (Å²) in [5, 5.41) is 9.17. The van der Waals surface area contributed by atoms with E-state index in [9.17, 15) is 13.2 Å². The molecule has 15 heavy (non-hydrogen) atoms. The van der Waals surface area contributed by atoms with E-state index in [0.717, 1.165) is 6.42 Å². The predicted octanol–water partition coefficient (Wildman–Crippen LogP) is 2.37. The van der Waals surface area contributed by atoms with Gasteiger partial charge < -0.3 is 10.8 Å². The molecule has 0 saturated heterocycles. The number of halogens is 3. The number of aliphatic hydroxyl groups is 1. The third-order valence-corrected chi connectivity index (χ3v) is 3.18. The van der Waals surface area contributed by atoms with E-state index in [1.807, 2.05) is 6.92 Å². The first kappa shape index (κ1) is 15.1. The van der Waals surface area contributed by atoms with Crippen molar-refractivity contribution in [3.8, 4) is 0 Å². The number of thioether (sulfide) groups is 1. The second-order valence-electron chi connectivity index (χ2n) is 3.66. The Kier molecular flexibility index (Phi) is 6.63. The standard InChI is InChI=1S/C9H18F3NOS/c1-2-3-8(6-13,7-14)4-5-15-9(10,11)12/h14H,2-7,13H2,1H3. The largest absolute Gasteiger partial charge is 0.441 e. The van der Waals surface area contributed by atoms with Crippen molar-refractivity contribution in [3.05, 3.63) is 0 Å². The van der Waals surface area contributed by atoms with Crippen LogP contribution in [0.25, 0.3) is 0 Å². The lowest BCUT2D eigenvalue weighted by Crippen LogP contribution is -2.35. The highest BCUT2D eigenvalue weighted by Crippen LogP contribution is 2.35. The van der Waals surface area contributed by atoms with Crippen LogP contribution < -0.4 is 5.73 Å². The van der Waals surface area contributed by atoms with Crippen LogP contribution in [-0.4, -0.2) is 29.5 Å². The molecule has 0 amide bonds. The molecule has 0 heterocycles. The molecule has 0 aliphatic heterocycles. The Labute approximate surface area is 92.4 Å². The van der Waals surface area contributed by atoms with E-state index in [1.165, 1.54) is 0 Å². The summed E-state index contributed by atoms with van der Waals surface area (Å²) in [6, 6.07) is 0. The third kappa shape index (κ3) is 6.27. The number of rotatable bonds is 7. The smallest absolute Gasteiger partial charge is 0.396 e. The minimum absolute atomic E-state index is 0.0404. The summed E-state index contributed by atoms with van der Waals surface area (Å²) in [4.78, 5) is 0. The molecule has 0 aliphatic rings. The molecule has 0 spiro atoms. The summed E-state index contributed by atoms with van der Waals surface area (Å²) >= 11 is -0.0496. The first-order chi connectivity index (χ1) is 6.89. The second-order valence-corrected chi connectivity index (χ2v) is 4.82. The van der Waals surface area contributed by atoms with Crippen LogP contribution >= 0.6 is 11.8 Å². The molecule has 0 fully saturated rings. The molecule has 0 aromatic heterocycles. The van der Waals surface area contributed by atoms with Gasteiger partial charge >= 0.3 is 5.51 Å². The average Bonchev–Trinajstić information content (AvgIpc) is 2.14. The maximum atomic E-state index is 11.9. The normalized spacial score (nSPS) is 16.4. The van der Waals surface area contributed by atoms with Gasteiger partial charge in [0.05, 0.1) is 0 Å². The van der Waals surface area contributed by atoms with Crippen molar-refractivity contribution < 1.29 is 18.3 Å². The Bertz CT molecular complexity index is 171. The van der Waals surface area contributed by atoms with E-state index in [-0.39, 0.29) is 30.7 Å². The van der Waals surface area contributed by atoms with Gasteiger partial charge in [0.1, 0.15) is 0 Å². The fraction of sp³-hybridized carbons (Fsp3) is 1.00. The van der Waals surface area contributed by atoms with Gasteiger partial charge in [-0.05, 0) is 12.8 Å². The molecule has 1 atom stereocenters. The van der Waals surface area contributed by atoms with Gasteiger partial charge in [-0.1, -0.05) is 25.1 Å². The molecule has 0 radical (unpaired) electrons. The van der Waals surface area contributed by atoms with E-state index in [4.69, 9.17) is 10.8 Å². The van der Waals surface area contributed by atoms with Crippen molar-refractivity contribution >= 4 is 11.8 Å². The lowest BCUT2D eigenvalue weighted by atomic mass is 9.82. The summed E-state index contributed by atoms with van der Waals surface area (Å²) in [5.74, 6) is -0.0404. The van der Waals surface area contributed by atoms with E-state index < -0.39 is 10.9 Å². The average molecular weight is 245 g/mol. The molecule has 0 bridgehead atoms. The van der Waals surface area contributed by atoms with Crippen molar-refractivity contribution in [1.82, 2.24) is 0 Å². The molecular weight excluding hydrogens is 227 g/mol. The summed E-state index contributed by atoms with van der Waals surface area (Å²) in [5.41, 5.74) is 0.776. The SMILES string of the molecule is CCCC(CN)(CO)CCSC(F)(F)F. The second kappa shape index (κ2) is 6.60.